The molecule has 1 heteroatoms. The van der Waals surface area contributed by atoms with E-state index in [0.717, 1.165) is 0 Å². The van der Waals surface area contributed by atoms with Crippen LogP contribution in [0.5, 0.6) is 0 Å². The van der Waals surface area contributed by atoms with Gasteiger partial charge in [-0.1, -0.05) is 70.4 Å². The van der Waals surface area contributed by atoms with E-state index in [1.165, 1.54) is 64.2 Å². The molecule has 0 spiro atoms. The summed E-state index contributed by atoms with van der Waals surface area (Å²) in [5.74, 6) is 0. The van der Waals surface area contributed by atoms with Crippen molar-refractivity contribution >= 4 is 0 Å². The molecule has 0 radical (unpaired) electrons. The molecule has 0 aliphatic carbocycles. The first kappa shape index (κ1) is 14.7. The molecule has 0 atom stereocenters. The van der Waals surface area contributed by atoms with Crippen LogP contribution in [0.15, 0.2) is 12.2 Å². The highest BCUT2D eigenvalue weighted by Gasteiger charge is 1.90. The molecule has 0 aromatic heterocycles. The van der Waals surface area contributed by atoms with Gasteiger partial charge in [0.15, 0.2) is 0 Å². The van der Waals surface area contributed by atoms with Crippen LogP contribution < -0.4 is 5.73 Å². The van der Waals surface area contributed by atoms with Gasteiger partial charge in [0.2, 0.25) is 0 Å². The molecule has 0 aromatic carbocycles. The summed E-state index contributed by atoms with van der Waals surface area (Å²) in [6, 6.07) is 0. The Kier molecular flexibility index (Phi) is 13.4. The Bertz CT molecular complexity index is 129. The zero-order valence-electron chi connectivity index (χ0n) is 10.5. The van der Waals surface area contributed by atoms with Gasteiger partial charge in [-0.05, 0) is 12.8 Å². The van der Waals surface area contributed by atoms with Crippen LogP contribution in [0.1, 0.15) is 71.1 Å². The Morgan fingerprint density at radius 1 is 0.733 bits per heavy atom. The summed E-state index contributed by atoms with van der Waals surface area (Å²) in [4.78, 5) is 0. The van der Waals surface area contributed by atoms with Gasteiger partial charge < -0.3 is 5.73 Å². The van der Waals surface area contributed by atoms with Gasteiger partial charge in [-0.25, -0.2) is 0 Å². The summed E-state index contributed by atoms with van der Waals surface area (Å²) in [5.41, 5.74) is 5.36. The van der Waals surface area contributed by atoms with Crippen molar-refractivity contribution in [1.29, 1.82) is 0 Å². The molecule has 0 aliphatic rings. The molecule has 15 heavy (non-hydrogen) atoms. The number of rotatable bonds is 11. The lowest BCUT2D eigenvalue weighted by atomic mass is 10.1. The maximum absolute atomic E-state index is 5.36. The van der Waals surface area contributed by atoms with Crippen LogP contribution in [-0.4, -0.2) is 6.54 Å². The Balaban J connectivity index is 2.89. The van der Waals surface area contributed by atoms with Crippen LogP contribution in [0.2, 0.25) is 0 Å². The highest BCUT2D eigenvalue weighted by molar-refractivity contribution is 4.81. The summed E-state index contributed by atoms with van der Waals surface area (Å²) >= 11 is 0. The van der Waals surface area contributed by atoms with E-state index in [0.29, 0.717) is 6.54 Å². The van der Waals surface area contributed by atoms with Gasteiger partial charge >= 0.3 is 0 Å². The van der Waals surface area contributed by atoms with E-state index in [9.17, 15) is 0 Å². The predicted octanol–water partition coefficient (Wildman–Crippen LogP) is 4.42. The van der Waals surface area contributed by atoms with Gasteiger partial charge in [0.05, 0.1) is 0 Å². The minimum absolute atomic E-state index is 0.692. The SMILES string of the molecule is CCCCCCCCCCCC=CCN. The normalized spacial score (nSPS) is 11.3. The van der Waals surface area contributed by atoms with Crippen LogP contribution in [-0.2, 0) is 0 Å². The molecular weight excluding hydrogens is 182 g/mol. The van der Waals surface area contributed by atoms with Crippen molar-refractivity contribution in [3.63, 3.8) is 0 Å². The zero-order chi connectivity index (χ0) is 11.2. The minimum Gasteiger partial charge on any atom is -0.327 e. The fourth-order valence-corrected chi connectivity index (χ4v) is 1.79. The first-order valence-electron chi connectivity index (χ1n) is 6.77. The van der Waals surface area contributed by atoms with Crippen molar-refractivity contribution in [2.45, 2.75) is 71.1 Å². The van der Waals surface area contributed by atoms with Crippen molar-refractivity contribution in [2.75, 3.05) is 6.54 Å². The summed E-state index contributed by atoms with van der Waals surface area (Å²) in [5, 5.41) is 0. The summed E-state index contributed by atoms with van der Waals surface area (Å²) < 4.78 is 0. The molecule has 0 aliphatic heterocycles. The smallest absolute Gasteiger partial charge is 0.0106 e. The Morgan fingerprint density at radius 3 is 1.80 bits per heavy atom. The van der Waals surface area contributed by atoms with Gasteiger partial charge in [-0.2, -0.15) is 0 Å². The first-order valence-corrected chi connectivity index (χ1v) is 6.77. The maximum Gasteiger partial charge on any atom is 0.0106 e. The molecule has 2 N–H and O–H groups in total. The number of unbranched alkanes of at least 4 members (excludes halogenated alkanes) is 9. The van der Waals surface area contributed by atoms with Crippen LogP contribution >= 0.6 is 0 Å². The second-order valence-electron chi connectivity index (χ2n) is 4.32. The van der Waals surface area contributed by atoms with Crippen LogP contribution in [0, 0.1) is 0 Å². The lowest BCUT2D eigenvalue weighted by Gasteiger charge is -2.00. The molecule has 0 rings (SSSR count). The van der Waals surface area contributed by atoms with Crippen molar-refractivity contribution in [3.8, 4) is 0 Å². The van der Waals surface area contributed by atoms with Crippen LogP contribution in [0.3, 0.4) is 0 Å². The zero-order valence-corrected chi connectivity index (χ0v) is 10.5. The van der Waals surface area contributed by atoms with E-state index < -0.39 is 0 Å². The highest BCUT2D eigenvalue weighted by Crippen LogP contribution is 2.10. The Morgan fingerprint density at radius 2 is 1.27 bits per heavy atom. The van der Waals surface area contributed by atoms with E-state index >= 15 is 0 Å². The summed E-state index contributed by atoms with van der Waals surface area (Å²) in [6.07, 6.45) is 18.2. The second kappa shape index (κ2) is 13.7. The lowest BCUT2D eigenvalue weighted by molar-refractivity contribution is 0.566. The lowest BCUT2D eigenvalue weighted by Crippen LogP contribution is -1.91. The van der Waals surface area contributed by atoms with Crippen molar-refractivity contribution in [3.05, 3.63) is 12.2 Å². The van der Waals surface area contributed by atoms with Crippen molar-refractivity contribution < 1.29 is 0 Å². The van der Waals surface area contributed by atoms with E-state index in [1.54, 1.807) is 0 Å². The van der Waals surface area contributed by atoms with Gasteiger partial charge in [0, 0.05) is 6.54 Å². The predicted molar refractivity (Wildman–Crippen MR) is 70.0 cm³/mol. The molecule has 0 amide bonds. The second-order valence-corrected chi connectivity index (χ2v) is 4.32. The molecule has 90 valence electrons. The van der Waals surface area contributed by atoms with E-state index in [4.69, 9.17) is 5.73 Å². The van der Waals surface area contributed by atoms with Crippen molar-refractivity contribution in [1.82, 2.24) is 0 Å². The topological polar surface area (TPSA) is 26.0 Å². The number of nitrogens with two attached hydrogens (primary N) is 1. The third kappa shape index (κ3) is 13.7. The largest absolute Gasteiger partial charge is 0.327 e. The quantitative estimate of drug-likeness (QED) is 0.397. The average Bonchev–Trinajstić information content (AvgIpc) is 2.26. The molecule has 0 bridgehead atoms. The van der Waals surface area contributed by atoms with Gasteiger partial charge in [-0.15, -0.1) is 0 Å². The average molecular weight is 211 g/mol. The Labute approximate surface area is 96.1 Å². The highest BCUT2D eigenvalue weighted by atomic mass is 14.5. The van der Waals surface area contributed by atoms with Crippen molar-refractivity contribution in [2.24, 2.45) is 5.73 Å². The van der Waals surface area contributed by atoms with Crippen LogP contribution in [0.25, 0.3) is 0 Å². The Hall–Kier alpha value is -0.300. The first-order chi connectivity index (χ1) is 7.41. The molecular formula is C14H29N. The fourth-order valence-electron chi connectivity index (χ4n) is 1.79. The van der Waals surface area contributed by atoms with Gasteiger partial charge in [0.25, 0.3) is 0 Å². The maximum atomic E-state index is 5.36. The fraction of sp³-hybridized carbons (Fsp3) is 0.857. The number of allylic oxidation sites excluding steroid dienone is 1. The van der Waals surface area contributed by atoms with Gasteiger partial charge in [-0.3, -0.25) is 0 Å². The third-order valence-electron chi connectivity index (χ3n) is 2.78. The number of hydrogen-bond acceptors (Lipinski definition) is 1. The monoisotopic (exact) mass is 211 g/mol. The van der Waals surface area contributed by atoms with Gasteiger partial charge in [0.1, 0.15) is 0 Å². The summed E-state index contributed by atoms with van der Waals surface area (Å²) in [6.45, 7) is 2.96. The molecule has 0 unspecified atom stereocenters. The molecule has 1 nitrogen and oxygen atoms in total. The van der Waals surface area contributed by atoms with E-state index in [-0.39, 0.29) is 0 Å². The standard InChI is InChI=1S/C14H29N/c1-2-3-4-5-6-7-8-9-10-11-12-13-14-15/h12-13H,2-11,14-15H2,1H3. The molecule has 0 saturated carbocycles. The summed E-state index contributed by atoms with van der Waals surface area (Å²) in [7, 11) is 0. The van der Waals surface area contributed by atoms with Crippen LogP contribution in [0.4, 0.5) is 0 Å². The molecule has 0 fully saturated rings. The number of hydrogen-bond donors (Lipinski definition) is 1. The van der Waals surface area contributed by atoms with E-state index in [2.05, 4.69) is 19.1 Å². The molecule has 0 heterocycles. The minimum atomic E-state index is 0.692. The van der Waals surface area contributed by atoms with E-state index in [1.807, 2.05) is 0 Å². The third-order valence-corrected chi connectivity index (χ3v) is 2.78. The molecule has 0 aromatic rings. The molecule has 0 saturated heterocycles.